The lowest BCUT2D eigenvalue weighted by atomic mass is 9.83. The first-order valence-electron chi connectivity index (χ1n) is 6.41. The van der Waals surface area contributed by atoms with Crippen molar-refractivity contribution in [2.45, 2.75) is 43.8 Å². The van der Waals surface area contributed by atoms with E-state index in [1.807, 2.05) is 27.7 Å². The maximum atomic E-state index is 11.5. The Labute approximate surface area is 122 Å². The third kappa shape index (κ3) is 2.62. The molecule has 0 N–H and O–H groups in total. The molecule has 1 aromatic rings. The van der Waals surface area contributed by atoms with Gasteiger partial charge in [0.15, 0.2) is 0 Å². The number of aromatic nitrogens is 1. The molecule has 1 aliphatic heterocycles. The van der Waals surface area contributed by atoms with Gasteiger partial charge in [-0.1, -0.05) is 0 Å². The van der Waals surface area contributed by atoms with Crippen molar-refractivity contribution in [3.63, 3.8) is 0 Å². The molecule has 1 aliphatic rings. The minimum Gasteiger partial charge on any atom is -0.495 e. The maximum Gasteiger partial charge on any atom is 0.518 e. The van der Waals surface area contributed by atoms with Gasteiger partial charge in [0.2, 0.25) is 0 Å². The highest BCUT2D eigenvalue weighted by Crippen LogP contribution is 2.37. The molecular formula is C13H20BNO4S. The van der Waals surface area contributed by atoms with Crippen LogP contribution in [0.25, 0.3) is 0 Å². The van der Waals surface area contributed by atoms with E-state index in [0.29, 0.717) is 16.2 Å². The summed E-state index contributed by atoms with van der Waals surface area (Å²) in [4.78, 5) is 4.93. The Morgan fingerprint density at radius 3 is 2.25 bits per heavy atom. The van der Waals surface area contributed by atoms with Crippen molar-refractivity contribution in [1.29, 1.82) is 0 Å². The number of ether oxygens (including phenoxy) is 1. The summed E-state index contributed by atoms with van der Waals surface area (Å²) < 4.78 is 28.7. The van der Waals surface area contributed by atoms with Crippen LogP contribution in [0.2, 0.25) is 0 Å². The second-order valence-corrected chi connectivity index (χ2v) is 7.18. The first-order valence-corrected chi connectivity index (χ1v) is 7.97. The van der Waals surface area contributed by atoms with Gasteiger partial charge in [-0.25, -0.2) is 0 Å². The average molecular weight is 297 g/mol. The Balaban J connectivity index is 2.37. The highest BCUT2D eigenvalue weighted by molar-refractivity contribution is 7.84. The summed E-state index contributed by atoms with van der Waals surface area (Å²) in [7, 11) is -0.144. The third-order valence-electron chi connectivity index (χ3n) is 3.89. The predicted octanol–water partition coefficient (Wildman–Crippen LogP) is 1.13. The van der Waals surface area contributed by atoms with Gasteiger partial charge in [-0.3, -0.25) is 9.19 Å². The van der Waals surface area contributed by atoms with E-state index in [1.165, 1.54) is 0 Å². The van der Waals surface area contributed by atoms with Gasteiger partial charge < -0.3 is 14.0 Å². The fraction of sp³-hybridized carbons (Fsp3) is 0.615. The molecule has 20 heavy (non-hydrogen) atoms. The number of pyridine rings is 1. The molecule has 0 amide bonds. The highest BCUT2D eigenvalue weighted by Gasteiger charge is 2.53. The lowest BCUT2D eigenvalue weighted by molar-refractivity contribution is 0.00578. The molecule has 5 nitrogen and oxygen atoms in total. The van der Waals surface area contributed by atoms with Crippen molar-refractivity contribution in [3.05, 3.63) is 12.3 Å². The van der Waals surface area contributed by atoms with Crippen LogP contribution < -0.4 is 10.3 Å². The summed E-state index contributed by atoms with van der Waals surface area (Å²) in [5.74, 6) is 0.524. The topological polar surface area (TPSA) is 57.7 Å². The van der Waals surface area contributed by atoms with Crippen LogP contribution in [0.5, 0.6) is 5.75 Å². The molecule has 2 rings (SSSR count). The van der Waals surface area contributed by atoms with Crippen LogP contribution in [0.4, 0.5) is 0 Å². The summed E-state index contributed by atoms with van der Waals surface area (Å²) in [5.41, 5.74) is -0.298. The monoisotopic (exact) mass is 297 g/mol. The van der Waals surface area contributed by atoms with E-state index in [1.54, 1.807) is 25.6 Å². The molecule has 1 unspecified atom stereocenters. The van der Waals surface area contributed by atoms with Gasteiger partial charge in [0.05, 0.1) is 34.0 Å². The largest absolute Gasteiger partial charge is 0.518 e. The van der Waals surface area contributed by atoms with E-state index in [2.05, 4.69) is 4.98 Å². The van der Waals surface area contributed by atoms with E-state index in [-0.39, 0.29) is 0 Å². The summed E-state index contributed by atoms with van der Waals surface area (Å²) in [6, 6.07) is 1.71. The summed E-state index contributed by atoms with van der Waals surface area (Å²) >= 11 is 0. The standard InChI is InChI=1S/C13H20BNO4S/c1-12(2)13(3,4)19-14(18-12)11-10(17-5)7-9(8-15-11)20(6)16/h7-8H,1-6H3. The van der Waals surface area contributed by atoms with Crippen molar-refractivity contribution in [3.8, 4) is 5.75 Å². The van der Waals surface area contributed by atoms with Gasteiger partial charge in [-0.2, -0.15) is 0 Å². The smallest absolute Gasteiger partial charge is 0.495 e. The Bertz CT molecular complexity index is 531. The molecule has 0 saturated carbocycles. The third-order valence-corrected chi connectivity index (χ3v) is 4.77. The molecule has 0 aromatic carbocycles. The van der Waals surface area contributed by atoms with E-state index >= 15 is 0 Å². The first-order chi connectivity index (χ1) is 9.18. The van der Waals surface area contributed by atoms with E-state index in [0.717, 1.165) is 0 Å². The fourth-order valence-electron chi connectivity index (χ4n) is 1.89. The lowest BCUT2D eigenvalue weighted by Gasteiger charge is -2.32. The van der Waals surface area contributed by atoms with Gasteiger partial charge in [0.1, 0.15) is 11.3 Å². The van der Waals surface area contributed by atoms with Crippen LogP contribution in [0.3, 0.4) is 0 Å². The Morgan fingerprint density at radius 2 is 1.80 bits per heavy atom. The van der Waals surface area contributed by atoms with Crippen LogP contribution in [-0.2, 0) is 20.1 Å². The minimum absolute atomic E-state index is 0.434. The minimum atomic E-state index is -1.11. The zero-order chi connectivity index (χ0) is 15.1. The van der Waals surface area contributed by atoms with Gasteiger partial charge in [-0.05, 0) is 33.8 Å². The lowest BCUT2D eigenvalue weighted by Crippen LogP contribution is -2.41. The Hall–Kier alpha value is -0.915. The van der Waals surface area contributed by atoms with Crippen molar-refractivity contribution in [1.82, 2.24) is 4.98 Å². The average Bonchev–Trinajstić information content (AvgIpc) is 2.57. The molecule has 7 heteroatoms. The molecular weight excluding hydrogens is 277 g/mol. The molecule has 2 heterocycles. The Morgan fingerprint density at radius 1 is 1.25 bits per heavy atom. The van der Waals surface area contributed by atoms with Crippen molar-refractivity contribution >= 4 is 23.5 Å². The number of hydrogen-bond acceptors (Lipinski definition) is 5. The number of hydrogen-bond donors (Lipinski definition) is 0. The molecule has 1 saturated heterocycles. The van der Waals surface area contributed by atoms with Crippen LogP contribution >= 0.6 is 0 Å². The highest BCUT2D eigenvalue weighted by atomic mass is 32.2. The molecule has 0 radical (unpaired) electrons. The van der Waals surface area contributed by atoms with Gasteiger partial charge in [-0.15, -0.1) is 0 Å². The van der Waals surface area contributed by atoms with Crippen molar-refractivity contribution < 1.29 is 18.3 Å². The molecule has 1 aromatic heterocycles. The van der Waals surface area contributed by atoms with Crippen molar-refractivity contribution in [2.24, 2.45) is 0 Å². The molecule has 0 spiro atoms. The number of nitrogens with zero attached hydrogens (tertiary/aromatic N) is 1. The van der Waals surface area contributed by atoms with Crippen LogP contribution in [0, 0.1) is 0 Å². The second kappa shape index (κ2) is 5.13. The summed E-state index contributed by atoms with van der Waals surface area (Å²) in [6.45, 7) is 7.92. The van der Waals surface area contributed by atoms with Crippen LogP contribution in [-0.4, -0.2) is 40.9 Å². The fourth-order valence-corrected chi connectivity index (χ4v) is 2.36. The predicted molar refractivity (Wildman–Crippen MR) is 78.8 cm³/mol. The first kappa shape index (κ1) is 15.5. The number of methoxy groups -OCH3 is 1. The van der Waals surface area contributed by atoms with Crippen LogP contribution in [0.1, 0.15) is 27.7 Å². The quantitative estimate of drug-likeness (QED) is 0.783. The maximum absolute atomic E-state index is 11.5. The molecule has 0 aliphatic carbocycles. The normalized spacial score (nSPS) is 21.8. The van der Waals surface area contributed by atoms with Crippen molar-refractivity contribution in [2.75, 3.05) is 13.4 Å². The van der Waals surface area contributed by atoms with Gasteiger partial charge >= 0.3 is 7.12 Å². The van der Waals surface area contributed by atoms with E-state index < -0.39 is 29.1 Å². The molecule has 110 valence electrons. The Kier molecular flexibility index (Phi) is 3.97. The van der Waals surface area contributed by atoms with Crippen LogP contribution in [0.15, 0.2) is 17.2 Å². The molecule has 0 bridgehead atoms. The number of rotatable bonds is 3. The van der Waals surface area contributed by atoms with Gasteiger partial charge in [0.25, 0.3) is 0 Å². The zero-order valence-corrected chi connectivity index (χ0v) is 13.5. The van der Waals surface area contributed by atoms with E-state index in [9.17, 15) is 4.21 Å². The second-order valence-electron chi connectivity index (χ2n) is 5.80. The van der Waals surface area contributed by atoms with Gasteiger partial charge in [0, 0.05) is 12.5 Å². The zero-order valence-electron chi connectivity index (χ0n) is 12.7. The SMILES string of the molecule is COc1cc(S(C)=O)cnc1B1OC(C)(C)C(C)(C)O1. The summed E-state index contributed by atoms with van der Waals surface area (Å²) in [5, 5.41) is 0. The summed E-state index contributed by atoms with van der Waals surface area (Å²) in [6.07, 6.45) is 3.17. The molecule has 1 fully saturated rings. The molecule has 1 atom stereocenters. The van der Waals surface area contributed by atoms with E-state index in [4.69, 9.17) is 14.0 Å².